The molecule has 100 valence electrons. The van der Waals surface area contributed by atoms with Crippen LogP contribution in [0.3, 0.4) is 0 Å². The molecule has 1 heterocycles. The molecule has 1 aromatic heterocycles. The molecule has 20 heavy (non-hydrogen) atoms. The van der Waals surface area contributed by atoms with E-state index in [9.17, 15) is 4.79 Å². The highest BCUT2D eigenvalue weighted by Crippen LogP contribution is 2.21. The average molecular weight is 268 g/mol. The van der Waals surface area contributed by atoms with Crippen molar-refractivity contribution in [1.82, 2.24) is 4.98 Å². The Bertz CT molecular complexity index is 662. The summed E-state index contributed by atoms with van der Waals surface area (Å²) in [6.45, 7) is 2.20. The van der Waals surface area contributed by atoms with Crippen molar-refractivity contribution in [2.24, 2.45) is 0 Å². The Balaban J connectivity index is 2.27. The van der Waals surface area contributed by atoms with E-state index in [2.05, 4.69) is 4.98 Å². The van der Waals surface area contributed by atoms with Gasteiger partial charge in [-0.2, -0.15) is 5.26 Å². The number of benzene rings is 1. The van der Waals surface area contributed by atoms with Crippen molar-refractivity contribution in [3.05, 3.63) is 53.7 Å². The van der Waals surface area contributed by atoms with Gasteiger partial charge in [-0.15, -0.1) is 0 Å². The number of aromatic nitrogens is 1. The van der Waals surface area contributed by atoms with Gasteiger partial charge in [-0.3, -0.25) is 0 Å². The highest BCUT2D eigenvalue weighted by atomic mass is 16.5. The van der Waals surface area contributed by atoms with E-state index in [4.69, 9.17) is 14.7 Å². The SMILES string of the molecule is CCOc1ncccc1C(=O)Oc1ccccc1C#N. The quantitative estimate of drug-likeness (QED) is 0.629. The number of carbonyl (C=O) groups is 1. The summed E-state index contributed by atoms with van der Waals surface area (Å²) < 4.78 is 10.5. The molecule has 2 rings (SSSR count). The Kier molecular flexibility index (Phi) is 4.30. The predicted octanol–water partition coefficient (Wildman–Crippen LogP) is 2.57. The molecule has 0 N–H and O–H groups in total. The lowest BCUT2D eigenvalue weighted by Crippen LogP contribution is -2.12. The van der Waals surface area contributed by atoms with Crippen LogP contribution in [0.2, 0.25) is 0 Å². The summed E-state index contributed by atoms with van der Waals surface area (Å²) in [6, 6.07) is 11.7. The zero-order valence-corrected chi connectivity index (χ0v) is 10.9. The first-order valence-corrected chi connectivity index (χ1v) is 6.05. The van der Waals surface area contributed by atoms with Crippen LogP contribution in [-0.2, 0) is 0 Å². The van der Waals surface area contributed by atoms with Crippen molar-refractivity contribution in [2.75, 3.05) is 6.61 Å². The number of hydrogen-bond donors (Lipinski definition) is 0. The number of nitriles is 1. The molecule has 0 aliphatic carbocycles. The summed E-state index contributed by atoms with van der Waals surface area (Å²) >= 11 is 0. The number of pyridine rings is 1. The molecule has 5 heteroatoms. The van der Waals surface area contributed by atoms with Crippen molar-refractivity contribution in [3.63, 3.8) is 0 Å². The van der Waals surface area contributed by atoms with Crippen LogP contribution in [0.1, 0.15) is 22.8 Å². The predicted molar refractivity (Wildman–Crippen MR) is 71.5 cm³/mol. The van der Waals surface area contributed by atoms with Gasteiger partial charge in [0.25, 0.3) is 0 Å². The fourth-order valence-electron chi connectivity index (χ4n) is 1.60. The van der Waals surface area contributed by atoms with Crippen LogP contribution in [0, 0.1) is 11.3 Å². The molecule has 0 aliphatic rings. The molecule has 0 saturated heterocycles. The number of ether oxygens (including phenoxy) is 2. The van der Waals surface area contributed by atoms with Crippen molar-refractivity contribution in [1.29, 1.82) is 5.26 Å². The number of nitrogens with zero attached hydrogens (tertiary/aromatic N) is 2. The van der Waals surface area contributed by atoms with E-state index < -0.39 is 5.97 Å². The van der Waals surface area contributed by atoms with Crippen LogP contribution in [-0.4, -0.2) is 17.6 Å². The summed E-state index contributed by atoms with van der Waals surface area (Å²) in [5, 5.41) is 8.96. The molecule has 0 atom stereocenters. The highest BCUT2D eigenvalue weighted by Gasteiger charge is 2.17. The maximum absolute atomic E-state index is 12.1. The van der Waals surface area contributed by atoms with E-state index >= 15 is 0 Å². The Morgan fingerprint density at radius 3 is 2.85 bits per heavy atom. The van der Waals surface area contributed by atoms with E-state index in [1.54, 1.807) is 43.3 Å². The smallest absolute Gasteiger partial charge is 0.349 e. The molecule has 1 aromatic carbocycles. The molecule has 0 saturated carbocycles. The van der Waals surface area contributed by atoms with E-state index in [0.29, 0.717) is 12.2 Å². The summed E-state index contributed by atoms with van der Waals surface area (Å²) in [5.74, 6) is -0.176. The summed E-state index contributed by atoms with van der Waals surface area (Å²) in [7, 11) is 0. The minimum absolute atomic E-state index is 0.214. The molecule has 0 bridgehead atoms. The molecule has 0 fully saturated rings. The Morgan fingerprint density at radius 1 is 1.30 bits per heavy atom. The standard InChI is InChI=1S/C15H12N2O3/c1-2-19-14-12(7-5-9-17-14)15(18)20-13-8-4-3-6-11(13)10-16/h3-9H,2H2,1H3. The third-order valence-corrected chi connectivity index (χ3v) is 2.48. The highest BCUT2D eigenvalue weighted by molar-refractivity contribution is 5.93. The molecule has 0 radical (unpaired) electrons. The Morgan fingerprint density at radius 2 is 2.10 bits per heavy atom. The zero-order valence-electron chi connectivity index (χ0n) is 10.9. The van der Waals surface area contributed by atoms with E-state index in [1.165, 1.54) is 6.20 Å². The summed E-state index contributed by atoms with van der Waals surface area (Å²) in [6.07, 6.45) is 1.53. The van der Waals surface area contributed by atoms with Gasteiger partial charge in [-0.05, 0) is 31.2 Å². The van der Waals surface area contributed by atoms with E-state index in [0.717, 1.165) is 0 Å². The Labute approximate surface area is 116 Å². The largest absolute Gasteiger partial charge is 0.477 e. The topological polar surface area (TPSA) is 72.2 Å². The molecule has 0 spiro atoms. The Hall–Kier alpha value is -2.87. The first-order chi connectivity index (χ1) is 9.76. The second-order valence-corrected chi connectivity index (χ2v) is 3.79. The van der Waals surface area contributed by atoms with Crippen molar-refractivity contribution in [3.8, 4) is 17.7 Å². The lowest BCUT2D eigenvalue weighted by atomic mass is 10.2. The van der Waals surface area contributed by atoms with Gasteiger partial charge in [-0.1, -0.05) is 12.1 Å². The van der Waals surface area contributed by atoms with E-state index in [1.807, 2.05) is 6.07 Å². The van der Waals surface area contributed by atoms with Crippen molar-refractivity contribution >= 4 is 5.97 Å². The second kappa shape index (κ2) is 6.34. The molecular weight excluding hydrogens is 256 g/mol. The molecule has 5 nitrogen and oxygen atoms in total. The maximum atomic E-state index is 12.1. The first-order valence-electron chi connectivity index (χ1n) is 6.05. The number of carbonyl (C=O) groups excluding carboxylic acids is 1. The van der Waals surface area contributed by atoms with Crippen LogP contribution in [0.25, 0.3) is 0 Å². The van der Waals surface area contributed by atoms with Crippen LogP contribution < -0.4 is 9.47 Å². The zero-order chi connectivity index (χ0) is 14.4. The molecular formula is C15H12N2O3. The van der Waals surface area contributed by atoms with Crippen molar-refractivity contribution < 1.29 is 14.3 Å². The maximum Gasteiger partial charge on any atom is 0.349 e. The van der Waals surface area contributed by atoms with Crippen LogP contribution in [0.5, 0.6) is 11.6 Å². The molecule has 0 amide bonds. The van der Waals surface area contributed by atoms with Gasteiger partial charge in [0, 0.05) is 6.20 Å². The minimum atomic E-state index is -0.607. The van der Waals surface area contributed by atoms with Gasteiger partial charge < -0.3 is 9.47 Å². The average Bonchev–Trinajstić information content (AvgIpc) is 2.48. The molecule has 0 aliphatic heterocycles. The van der Waals surface area contributed by atoms with Gasteiger partial charge in [0.2, 0.25) is 5.88 Å². The lowest BCUT2D eigenvalue weighted by Gasteiger charge is -2.09. The third kappa shape index (κ3) is 2.93. The first kappa shape index (κ1) is 13.6. The summed E-state index contributed by atoms with van der Waals surface area (Å²) in [4.78, 5) is 16.1. The fourth-order valence-corrected chi connectivity index (χ4v) is 1.60. The van der Waals surface area contributed by atoms with Crippen molar-refractivity contribution in [2.45, 2.75) is 6.92 Å². The van der Waals surface area contributed by atoms with Gasteiger partial charge in [0.15, 0.2) is 0 Å². The lowest BCUT2D eigenvalue weighted by molar-refractivity contribution is 0.0729. The monoisotopic (exact) mass is 268 g/mol. The number of rotatable bonds is 4. The number of hydrogen-bond acceptors (Lipinski definition) is 5. The second-order valence-electron chi connectivity index (χ2n) is 3.79. The normalized spacial score (nSPS) is 9.60. The van der Waals surface area contributed by atoms with Gasteiger partial charge in [0.05, 0.1) is 12.2 Å². The molecule has 0 unspecified atom stereocenters. The summed E-state index contributed by atoms with van der Waals surface area (Å²) in [5.41, 5.74) is 0.518. The number of para-hydroxylation sites is 1. The van der Waals surface area contributed by atoms with E-state index in [-0.39, 0.29) is 17.2 Å². The third-order valence-electron chi connectivity index (χ3n) is 2.48. The van der Waals surface area contributed by atoms with Gasteiger partial charge in [-0.25, -0.2) is 9.78 Å². The van der Waals surface area contributed by atoms with Crippen LogP contribution >= 0.6 is 0 Å². The molecule has 2 aromatic rings. The van der Waals surface area contributed by atoms with Gasteiger partial charge in [0.1, 0.15) is 17.4 Å². The van der Waals surface area contributed by atoms with Gasteiger partial charge >= 0.3 is 5.97 Å². The van der Waals surface area contributed by atoms with Crippen LogP contribution in [0.4, 0.5) is 0 Å². The fraction of sp³-hybridized carbons (Fsp3) is 0.133. The minimum Gasteiger partial charge on any atom is -0.477 e. The van der Waals surface area contributed by atoms with Crippen LogP contribution in [0.15, 0.2) is 42.6 Å². The number of esters is 1.